The first-order valence-electron chi connectivity index (χ1n) is 6.64. The molecular weight excluding hydrogens is 322 g/mol. The van der Waals surface area contributed by atoms with Crippen molar-refractivity contribution in [2.75, 3.05) is 31.6 Å². The predicted molar refractivity (Wildman–Crippen MR) is 84.6 cm³/mol. The lowest BCUT2D eigenvalue weighted by atomic mass is 9.99. The monoisotopic (exact) mass is 341 g/mol. The lowest BCUT2D eigenvalue weighted by Crippen LogP contribution is -2.57. The van der Waals surface area contributed by atoms with Crippen molar-refractivity contribution in [3.8, 4) is 0 Å². The van der Waals surface area contributed by atoms with Crippen molar-refractivity contribution in [1.82, 2.24) is 4.90 Å². The number of halogens is 1. The van der Waals surface area contributed by atoms with Crippen molar-refractivity contribution in [1.29, 1.82) is 0 Å². The number of nitro benzene ring substituents is 1. The van der Waals surface area contributed by atoms with Gasteiger partial charge in [-0.05, 0) is 32.5 Å². The molecule has 0 bridgehead atoms. The van der Waals surface area contributed by atoms with Crippen LogP contribution in [0.2, 0.25) is 0 Å². The zero-order chi connectivity index (χ0) is 14.9. The summed E-state index contributed by atoms with van der Waals surface area (Å²) < 4.78 is 0. The Morgan fingerprint density at radius 3 is 2.65 bits per heavy atom. The Labute approximate surface area is 127 Å². The van der Waals surface area contributed by atoms with Crippen LogP contribution in [-0.2, 0) is 5.33 Å². The highest BCUT2D eigenvalue weighted by Gasteiger charge is 2.33. The SMILES string of the molecule is CN1CCN(c2ccc(CBr)cc2[N+](=O)[O-])CC1(C)C. The van der Waals surface area contributed by atoms with Gasteiger partial charge in [-0.15, -0.1) is 0 Å². The maximum absolute atomic E-state index is 11.3. The summed E-state index contributed by atoms with van der Waals surface area (Å²) in [5, 5.41) is 11.9. The molecule has 110 valence electrons. The first-order valence-corrected chi connectivity index (χ1v) is 7.77. The summed E-state index contributed by atoms with van der Waals surface area (Å²) in [6.07, 6.45) is 0. The van der Waals surface area contributed by atoms with E-state index in [9.17, 15) is 10.1 Å². The van der Waals surface area contributed by atoms with E-state index in [-0.39, 0.29) is 16.1 Å². The molecule has 0 spiro atoms. The molecule has 0 N–H and O–H groups in total. The number of anilines is 1. The fourth-order valence-corrected chi connectivity index (χ4v) is 2.86. The minimum atomic E-state index is -0.285. The summed E-state index contributed by atoms with van der Waals surface area (Å²) in [7, 11) is 2.10. The molecule has 0 radical (unpaired) electrons. The molecule has 1 fully saturated rings. The summed E-state index contributed by atoms with van der Waals surface area (Å²) >= 11 is 3.34. The minimum Gasteiger partial charge on any atom is -0.363 e. The average molecular weight is 342 g/mol. The van der Waals surface area contributed by atoms with Crippen LogP contribution in [0.5, 0.6) is 0 Å². The molecule has 0 saturated carbocycles. The van der Waals surface area contributed by atoms with Gasteiger partial charge >= 0.3 is 0 Å². The van der Waals surface area contributed by atoms with E-state index in [0.717, 1.165) is 30.9 Å². The van der Waals surface area contributed by atoms with E-state index in [1.54, 1.807) is 6.07 Å². The molecule has 1 aromatic carbocycles. The van der Waals surface area contributed by atoms with Crippen LogP contribution in [0.1, 0.15) is 19.4 Å². The molecule has 5 nitrogen and oxygen atoms in total. The highest BCUT2D eigenvalue weighted by molar-refractivity contribution is 9.08. The van der Waals surface area contributed by atoms with Crippen molar-refractivity contribution < 1.29 is 4.92 Å². The van der Waals surface area contributed by atoms with Crippen LogP contribution in [0.4, 0.5) is 11.4 Å². The smallest absolute Gasteiger partial charge is 0.292 e. The quantitative estimate of drug-likeness (QED) is 0.481. The largest absolute Gasteiger partial charge is 0.363 e. The Kier molecular flexibility index (Phi) is 4.34. The van der Waals surface area contributed by atoms with E-state index in [4.69, 9.17) is 0 Å². The third-order valence-electron chi connectivity index (χ3n) is 4.05. The zero-order valence-electron chi connectivity index (χ0n) is 12.1. The highest BCUT2D eigenvalue weighted by Crippen LogP contribution is 2.33. The third kappa shape index (κ3) is 2.96. The Morgan fingerprint density at radius 2 is 2.10 bits per heavy atom. The van der Waals surface area contributed by atoms with Gasteiger partial charge in [-0.2, -0.15) is 0 Å². The van der Waals surface area contributed by atoms with Gasteiger partial charge in [-0.25, -0.2) is 0 Å². The molecule has 0 amide bonds. The second kappa shape index (κ2) is 5.69. The molecule has 0 atom stereocenters. The van der Waals surface area contributed by atoms with Gasteiger partial charge in [0.2, 0.25) is 0 Å². The van der Waals surface area contributed by atoms with Crippen molar-refractivity contribution in [2.45, 2.75) is 24.7 Å². The summed E-state index contributed by atoms with van der Waals surface area (Å²) in [5.41, 5.74) is 1.86. The second-order valence-electron chi connectivity index (χ2n) is 5.87. The minimum absolute atomic E-state index is 0.0141. The van der Waals surface area contributed by atoms with Crippen molar-refractivity contribution in [3.05, 3.63) is 33.9 Å². The number of rotatable bonds is 3. The normalized spacial score (nSPS) is 19.1. The molecule has 0 aromatic heterocycles. The molecule has 2 rings (SSSR count). The van der Waals surface area contributed by atoms with Crippen LogP contribution in [-0.4, -0.2) is 42.0 Å². The van der Waals surface area contributed by atoms with Crippen molar-refractivity contribution >= 4 is 27.3 Å². The summed E-state index contributed by atoms with van der Waals surface area (Å²) in [5.74, 6) is 0. The Balaban J connectivity index is 2.35. The van der Waals surface area contributed by atoms with Gasteiger partial charge < -0.3 is 4.90 Å². The summed E-state index contributed by atoms with van der Waals surface area (Å²) in [6, 6.07) is 5.48. The van der Waals surface area contributed by atoms with E-state index in [1.807, 2.05) is 12.1 Å². The van der Waals surface area contributed by atoms with E-state index >= 15 is 0 Å². The molecule has 1 aliphatic rings. The van der Waals surface area contributed by atoms with Crippen LogP contribution in [0, 0.1) is 10.1 Å². The number of likely N-dealkylation sites (N-methyl/N-ethyl adjacent to an activating group) is 1. The van der Waals surface area contributed by atoms with Gasteiger partial charge in [0, 0.05) is 36.6 Å². The number of nitrogens with zero attached hydrogens (tertiary/aromatic N) is 3. The lowest BCUT2D eigenvalue weighted by molar-refractivity contribution is -0.384. The Hall–Kier alpha value is -1.14. The van der Waals surface area contributed by atoms with Crippen LogP contribution in [0.3, 0.4) is 0 Å². The van der Waals surface area contributed by atoms with Crippen LogP contribution >= 0.6 is 15.9 Å². The number of alkyl halides is 1. The molecule has 6 heteroatoms. The summed E-state index contributed by atoms with van der Waals surface area (Å²) in [6.45, 7) is 6.84. The van der Waals surface area contributed by atoms with Crippen LogP contribution in [0.25, 0.3) is 0 Å². The number of hydrogen-bond donors (Lipinski definition) is 0. The molecule has 0 aliphatic carbocycles. The first kappa shape index (κ1) is 15.3. The highest BCUT2D eigenvalue weighted by atomic mass is 79.9. The molecule has 20 heavy (non-hydrogen) atoms. The summed E-state index contributed by atoms with van der Waals surface area (Å²) in [4.78, 5) is 15.4. The molecule has 1 aliphatic heterocycles. The maximum atomic E-state index is 11.3. The molecule has 1 aromatic rings. The number of piperazine rings is 1. The molecule has 1 heterocycles. The van der Waals surface area contributed by atoms with Crippen LogP contribution < -0.4 is 4.90 Å². The Bertz CT molecular complexity index is 519. The van der Waals surface area contributed by atoms with E-state index in [2.05, 4.69) is 46.6 Å². The maximum Gasteiger partial charge on any atom is 0.292 e. The van der Waals surface area contributed by atoms with E-state index in [0.29, 0.717) is 5.33 Å². The molecule has 1 saturated heterocycles. The number of hydrogen-bond acceptors (Lipinski definition) is 4. The molecule has 0 unspecified atom stereocenters. The standard InChI is InChI=1S/C14H20BrN3O2/c1-14(2)10-17(7-6-16(14)3)12-5-4-11(9-15)8-13(12)18(19)20/h4-5,8H,6-7,9-10H2,1-3H3. The van der Waals surface area contributed by atoms with Crippen molar-refractivity contribution in [3.63, 3.8) is 0 Å². The van der Waals surface area contributed by atoms with Gasteiger partial charge in [0.1, 0.15) is 5.69 Å². The van der Waals surface area contributed by atoms with E-state index in [1.165, 1.54) is 0 Å². The van der Waals surface area contributed by atoms with E-state index < -0.39 is 0 Å². The van der Waals surface area contributed by atoms with Crippen molar-refractivity contribution in [2.24, 2.45) is 0 Å². The fourth-order valence-electron chi connectivity index (χ4n) is 2.51. The van der Waals surface area contributed by atoms with Gasteiger partial charge in [-0.1, -0.05) is 22.0 Å². The first-order chi connectivity index (χ1) is 9.35. The topological polar surface area (TPSA) is 49.6 Å². The van der Waals surface area contributed by atoms with Gasteiger partial charge in [0.15, 0.2) is 0 Å². The predicted octanol–water partition coefficient (Wildman–Crippen LogP) is 3.02. The number of benzene rings is 1. The zero-order valence-corrected chi connectivity index (χ0v) is 13.7. The van der Waals surface area contributed by atoms with Gasteiger partial charge in [0.05, 0.1) is 4.92 Å². The van der Waals surface area contributed by atoms with Gasteiger partial charge in [0.25, 0.3) is 5.69 Å². The lowest BCUT2D eigenvalue weighted by Gasteiger charge is -2.46. The fraction of sp³-hybridized carbons (Fsp3) is 0.571. The second-order valence-corrected chi connectivity index (χ2v) is 6.43. The van der Waals surface area contributed by atoms with Crippen LogP contribution in [0.15, 0.2) is 18.2 Å². The molecular formula is C14H20BrN3O2. The number of nitro groups is 1. The Morgan fingerprint density at radius 1 is 1.40 bits per heavy atom. The third-order valence-corrected chi connectivity index (χ3v) is 4.70. The average Bonchev–Trinajstić information content (AvgIpc) is 2.41. The van der Waals surface area contributed by atoms with Gasteiger partial charge in [-0.3, -0.25) is 15.0 Å².